The van der Waals surface area contributed by atoms with E-state index in [1.165, 1.54) is 38.5 Å². The van der Waals surface area contributed by atoms with Crippen LogP contribution >= 0.6 is 0 Å². The monoisotopic (exact) mass is 466 g/mol. The number of benzene rings is 1. The lowest BCUT2D eigenvalue weighted by molar-refractivity contribution is 0.0710. The maximum atomic E-state index is 11.7. The van der Waals surface area contributed by atoms with Crippen LogP contribution in [0.2, 0.25) is 0 Å². The first-order valence-electron chi connectivity index (χ1n) is 12.2. The number of fused-ring (bicyclic) bond motifs is 1. The fraction of sp³-hybridized carbons (Fsp3) is 0.500. The number of rotatable bonds is 4. The second kappa shape index (κ2) is 18.4. The van der Waals surface area contributed by atoms with E-state index < -0.39 is 5.91 Å². The molecule has 1 aromatic heterocycles. The summed E-state index contributed by atoms with van der Waals surface area (Å²) in [6, 6.07) is 8.81. The second-order valence-electron chi connectivity index (χ2n) is 7.66. The highest BCUT2D eigenvalue weighted by Gasteiger charge is 2.13. The lowest BCUT2D eigenvalue weighted by atomic mass is 9.98. The van der Waals surface area contributed by atoms with Crippen LogP contribution in [-0.4, -0.2) is 30.3 Å². The van der Waals surface area contributed by atoms with Crippen molar-refractivity contribution in [3.63, 3.8) is 0 Å². The number of nitrogens with zero attached hydrogens (tertiary/aromatic N) is 3. The predicted octanol–water partition coefficient (Wildman–Crippen LogP) is 7.06. The molecule has 0 spiro atoms. The number of para-hydroxylation sites is 1. The van der Waals surface area contributed by atoms with Gasteiger partial charge >= 0.3 is 0 Å². The third-order valence-corrected chi connectivity index (χ3v) is 4.93. The van der Waals surface area contributed by atoms with Gasteiger partial charge in [0, 0.05) is 24.9 Å². The number of nitriles is 1. The molecule has 2 N–H and O–H groups in total. The Bertz CT molecular complexity index is 968. The van der Waals surface area contributed by atoms with Gasteiger partial charge in [-0.3, -0.25) is 9.79 Å². The first-order chi connectivity index (χ1) is 16.4. The highest BCUT2D eigenvalue weighted by molar-refractivity contribution is 6.07. The van der Waals surface area contributed by atoms with E-state index in [0.29, 0.717) is 33.8 Å². The highest BCUT2D eigenvalue weighted by Crippen LogP contribution is 2.24. The van der Waals surface area contributed by atoms with Crippen molar-refractivity contribution in [1.82, 2.24) is 4.98 Å². The van der Waals surface area contributed by atoms with Gasteiger partial charge in [0.1, 0.15) is 6.07 Å². The number of nitrogens with two attached hydrogens (primary N) is 1. The number of allylic oxidation sites excluding steroid dienone is 1. The maximum Gasteiger partial charge on any atom is 0.249 e. The van der Waals surface area contributed by atoms with Crippen LogP contribution in [0.1, 0.15) is 102 Å². The molecule has 3 rings (SSSR count). The Balaban J connectivity index is 0.000000692. The smallest absolute Gasteiger partial charge is 0.249 e. The van der Waals surface area contributed by atoms with Gasteiger partial charge in [-0.2, -0.15) is 5.26 Å². The fourth-order valence-electron chi connectivity index (χ4n) is 3.30. The first kappa shape index (κ1) is 31.0. The maximum absolute atomic E-state index is 11.7. The van der Waals surface area contributed by atoms with Gasteiger partial charge < -0.3 is 10.5 Å². The molecule has 1 aromatic carbocycles. The van der Waals surface area contributed by atoms with Gasteiger partial charge in [0.25, 0.3) is 0 Å². The third-order valence-electron chi connectivity index (χ3n) is 4.93. The molecule has 1 aliphatic carbocycles. The molecule has 6 heteroatoms. The average molecular weight is 467 g/mol. The number of methoxy groups -OCH3 is 1. The number of carbonyl (C=O) groups is 1. The Morgan fingerprint density at radius 2 is 1.88 bits per heavy atom. The third kappa shape index (κ3) is 10.3. The van der Waals surface area contributed by atoms with Crippen molar-refractivity contribution in [2.75, 3.05) is 7.11 Å². The zero-order valence-electron chi connectivity index (χ0n) is 22.0. The van der Waals surface area contributed by atoms with E-state index in [0.717, 1.165) is 5.57 Å². The van der Waals surface area contributed by atoms with Gasteiger partial charge in [-0.25, -0.2) is 4.98 Å². The summed E-state index contributed by atoms with van der Waals surface area (Å²) in [6.07, 6.45) is 11.9. The van der Waals surface area contributed by atoms with Crippen LogP contribution < -0.4 is 5.73 Å². The quantitative estimate of drug-likeness (QED) is 0.487. The van der Waals surface area contributed by atoms with E-state index in [1.54, 1.807) is 43.6 Å². The van der Waals surface area contributed by atoms with Gasteiger partial charge in [0.15, 0.2) is 0 Å². The normalized spacial score (nSPS) is 13.5. The summed E-state index contributed by atoms with van der Waals surface area (Å²) in [4.78, 5) is 20.2. The average Bonchev–Trinajstić information content (AvgIpc) is 2.88. The van der Waals surface area contributed by atoms with Gasteiger partial charge in [0.2, 0.25) is 5.91 Å². The molecule has 0 atom stereocenters. The van der Waals surface area contributed by atoms with E-state index in [2.05, 4.69) is 29.9 Å². The largest absolute Gasteiger partial charge is 0.381 e. The molecular formula is C28H42N4O2. The molecular weight excluding hydrogens is 424 g/mol. The fourth-order valence-corrected chi connectivity index (χ4v) is 3.30. The van der Waals surface area contributed by atoms with Crippen LogP contribution in [-0.2, 0) is 4.74 Å². The minimum absolute atomic E-state index is 0.348. The van der Waals surface area contributed by atoms with Crippen molar-refractivity contribution in [2.45, 2.75) is 86.2 Å². The predicted molar refractivity (Wildman–Crippen MR) is 144 cm³/mol. The standard InChI is InChI=1S/C16H14N4O.C7H14O.C3H8.C2H6/c1-3-19-9-10(2)14-7-13(16(18)21)12-6-4-5-11(8-17)15(12)20-14;1-8-7-5-3-2-4-6-7;1-3-2;1-2/h3-7,9H,1-2H3,(H2,18,21);7H,2-6H2,1H3;3H2,1-2H3;1-2H3/b10-9+,19-3?;;;. The molecule has 34 heavy (non-hydrogen) atoms. The number of aromatic nitrogens is 1. The Morgan fingerprint density at radius 1 is 1.26 bits per heavy atom. The molecule has 1 saturated carbocycles. The summed E-state index contributed by atoms with van der Waals surface area (Å²) < 4.78 is 5.19. The van der Waals surface area contributed by atoms with Crippen LogP contribution in [0.5, 0.6) is 0 Å². The molecule has 1 heterocycles. The van der Waals surface area contributed by atoms with Crippen molar-refractivity contribution >= 4 is 28.6 Å². The summed E-state index contributed by atoms with van der Waals surface area (Å²) in [5.41, 5.74) is 8.02. The van der Waals surface area contributed by atoms with Crippen molar-refractivity contribution in [2.24, 2.45) is 10.7 Å². The summed E-state index contributed by atoms with van der Waals surface area (Å²) >= 11 is 0. The Labute approximate surface area is 205 Å². The van der Waals surface area contributed by atoms with Crippen LogP contribution in [0.3, 0.4) is 0 Å². The van der Waals surface area contributed by atoms with Gasteiger partial charge in [0.05, 0.1) is 28.4 Å². The molecule has 0 bridgehead atoms. The minimum atomic E-state index is -0.550. The number of primary amides is 1. The molecule has 0 unspecified atom stereocenters. The lowest BCUT2D eigenvalue weighted by Gasteiger charge is -2.19. The highest BCUT2D eigenvalue weighted by atomic mass is 16.5. The Kier molecular flexibility index (Phi) is 16.7. The number of hydrogen-bond acceptors (Lipinski definition) is 5. The molecule has 0 radical (unpaired) electrons. The summed E-state index contributed by atoms with van der Waals surface area (Å²) in [5.74, 6) is -0.550. The lowest BCUT2D eigenvalue weighted by Crippen LogP contribution is -2.13. The number of aliphatic imine (C=N–C) groups is 1. The number of hydrogen-bond donors (Lipinski definition) is 1. The van der Waals surface area contributed by atoms with E-state index in [9.17, 15) is 10.1 Å². The topological polar surface area (TPSA) is 101 Å². The molecule has 1 fully saturated rings. The van der Waals surface area contributed by atoms with E-state index >= 15 is 0 Å². The molecule has 1 amide bonds. The van der Waals surface area contributed by atoms with Crippen LogP contribution in [0.25, 0.3) is 16.5 Å². The van der Waals surface area contributed by atoms with Gasteiger partial charge in [-0.05, 0) is 44.4 Å². The second-order valence-corrected chi connectivity index (χ2v) is 7.66. The first-order valence-corrected chi connectivity index (χ1v) is 12.2. The van der Waals surface area contributed by atoms with E-state index in [4.69, 9.17) is 10.5 Å². The molecule has 1 aliphatic rings. The molecule has 186 valence electrons. The minimum Gasteiger partial charge on any atom is -0.381 e. The van der Waals surface area contributed by atoms with E-state index in [1.807, 2.05) is 27.9 Å². The van der Waals surface area contributed by atoms with E-state index in [-0.39, 0.29) is 0 Å². The van der Waals surface area contributed by atoms with Crippen LogP contribution in [0.15, 0.2) is 35.5 Å². The number of pyridine rings is 1. The molecule has 0 aliphatic heterocycles. The molecule has 2 aromatic rings. The molecule has 6 nitrogen and oxygen atoms in total. The van der Waals surface area contributed by atoms with Crippen molar-refractivity contribution in [3.8, 4) is 6.07 Å². The van der Waals surface area contributed by atoms with Crippen molar-refractivity contribution in [1.29, 1.82) is 5.26 Å². The number of amides is 1. The van der Waals surface area contributed by atoms with Crippen LogP contribution in [0.4, 0.5) is 0 Å². The van der Waals surface area contributed by atoms with Crippen molar-refractivity contribution in [3.05, 3.63) is 47.3 Å². The summed E-state index contributed by atoms with van der Waals surface area (Å²) in [5, 5.41) is 9.77. The van der Waals surface area contributed by atoms with Crippen LogP contribution in [0, 0.1) is 11.3 Å². The zero-order valence-corrected chi connectivity index (χ0v) is 22.0. The Morgan fingerprint density at radius 3 is 2.35 bits per heavy atom. The number of ether oxygens (including phenoxy) is 1. The van der Waals surface area contributed by atoms with Crippen molar-refractivity contribution < 1.29 is 9.53 Å². The number of carbonyl (C=O) groups excluding carboxylic acids is 1. The Hall–Kier alpha value is -3.04. The van der Waals surface area contributed by atoms with Gasteiger partial charge in [-0.1, -0.05) is 65.5 Å². The van der Waals surface area contributed by atoms with Gasteiger partial charge in [-0.15, -0.1) is 0 Å². The SMILES string of the molecule is CC.CC=N/C=C(\C)c1cc(C(N)=O)c2cccc(C#N)c2n1.CCC.COC1CCCCC1. The zero-order chi connectivity index (χ0) is 25.9. The molecule has 0 saturated heterocycles. The summed E-state index contributed by atoms with van der Waals surface area (Å²) in [7, 11) is 1.82. The summed E-state index contributed by atoms with van der Waals surface area (Å²) in [6.45, 7) is 11.9.